The van der Waals surface area contributed by atoms with Gasteiger partial charge in [0.2, 0.25) is 0 Å². The number of methoxy groups -OCH3 is 1. The number of carbonyl (C=O) groups is 2. The molecule has 8 nitrogen and oxygen atoms in total. The molecule has 0 radical (unpaired) electrons. The lowest BCUT2D eigenvalue weighted by Crippen LogP contribution is -2.09. The predicted molar refractivity (Wildman–Crippen MR) is 123 cm³/mol. The SMILES string of the molecule is COc1ccc(-c2nc3c(c(Nc4ccc(CC(=O)O)cc4CC(=O)O)n2)CCC3)cc1Cl. The van der Waals surface area contributed by atoms with Crippen molar-refractivity contribution in [3.8, 4) is 17.1 Å². The molecule has 1 aliphatic carbocycles. The smallest absolute Gasteiger partial charge is 0.307 e. The van der Waals surface area contributed by atoms with Crippen LogP contribution < -0.4 is 10.1 Å². The molecule has 0 fully saturated rings. The maximum atomic E-state index is 11.4. The summed E-state index contributed by atoms with van der Waals surface area (Å²) in [5.41, 5.74) is 4.26. The van der Waals surface area contributed by atoms with E-state index in [9.17, 15) is 14.7 Å². The Bertz CT molecular complexity index is 1250. The van der Waals surface area contributed by atoms with E-state index in [1.165, 1.54) is 0 Å². The van der Waals surface area contributed by atoms with Crippen LogP contribution in [-0.2, 0) is 35.3 Å². The molecule has 9 heteroatoms. The molecule has 1 heterocycles. The molecule has 0 spiro atoms. The number of fused-ring (bicyclic) bond motifs is 1. The molecular weight excluding hydrogens is 446 g/mol. The number of hydrogen-bond acceptors (Lipinski definition) is 6. The van der Waals surface area contributed by atoms with E-state index in [0.29, 0.717) is 39.2 Å². The molecule has 33 heavy (non-hydrogen) atoms. The zero-order chi connectivity index (χ0) is 23.5. The molecule has 170 valence electrons. The van der Waals surface area contributed by atoms with E-state index in [-0.39, 0.29) is 12.8 Å². The lowest BCUT2D eigenvalue weighted by atomic mass is 10.0. The summed E-state index contributed by atoms with van der Waals surface area (Å²) in [4.78, 5) is 32.0. The summed E-state index contributed by atoms with van der Waals surface area (Å²) in [7, 11) is 1.55. The van der Waals surface area contributed by atoms with Crippen LogP contribution in [0.5, 0.6) is 5.75 Å². The molecule has 1 aromatic heterocycles. The van der Waals surface area contributed by atoms with Gasteiger partial charge in [0.25, 0.3) is 0 Å². The summed E-state index contributed by atoms with van der Waals surface area (Å²) in [6, 6.07) is 10.3. The van der Waals surface area contributed by atoms with Gasteiger partial charge in [-0.1, -0.05) is 23.7 Å². The summed E-state index contributed by atoms with van der Waals surface area (Å²) in [5.74, 6) is -0.317. The summed E-state index contributed by atoms with van der Waals surface area (Å²) >= 11 is 6.29. The van der Waals surface area contributed by atoms with E-state index in [4.69, 9.17) is 31.4 Å². The van der Waals surface area contributed by atoms with E-state index in [1.54, 1.807) is 37.4 Å². The molecule has 4 rings (SSSR count). The van der Waals surface area contributed by atoms with Gasteiger partial charge in [0.05, 0.1) is 25.0 Å². The fourth-order valence-corrected chi connectivity index (χ4v) is 4.22. The number of anilines is 2. The van der Waals surface area contributed by atoms with Crippen molar-refractivity contribution in [1.82, 2.24) is 9.97 Å². The quantitative estimate of drug-likeness (QED) is 0.448. The minimum absolute atomic E-state index is 0.182. The number of carboxylic acids is 2. The summed E-state index contributed by atoms with van der Waals surface area (Å²) in [6.45, 7) is 0. The monoisotopic (exact) mass is 467 g/mol. The highest BCUT2D eigenvalue weighted by Crippen LogP contribution is 2.34. The summed E-state index contributed by atoms with van der Waals surface area (Å²) in [6.07, 6.45) is 2.16. The van der Waals surface area contributed by atoms with Gasteiger partial charge in [-0.2, -0.15) is 0 Å². The Hall–Kier alpha value is -3.65. The summed E-state index contributed by atoms with van der Waals surface area (Å²) < 4.78 is 5.22. The second-order valence-electron chi connectivity index (χ2n) is 7.78. The summed E-state index contributed by atoms with van der Waals surface area (Å²) in [5, 5.41) is 22.2. The zero-order valence-corrected chi connectivity index (χ0v) is 18.6. The number of ether oxygens (including phenoxy) is 1. The van der Waals surface area contributed by atoms with Crippen molar-refractivity contribution < 1.29 is 24.5 Å². The normalized spacial score (nSPS) is 12.3. The van der Waals surface area contributed by atoms with Crippen LogP contribution in [0.25, 0.3) is 11.4 Å². The maximum Gasteiger partial charge on any atom is 0.307 e. The van der Waals surface area contributed by atoms with Crippen molar-refractivity contribution in [3.05, 3.63) is 63.8 Å². The Morgan fingerprint density at radius 1 is 1.06 bits per heavy atom. The van der Waals surface area contributed by atoms with Crippen molar-refractivity contribution in [2.75, 3.05) is 12.4 Å². The average molecular weight is 468 g/mol. The third-order valence-electron chi connectivity index (χ3n) is 5.46. The topological polar surface area (TPSA) is 122 Å². The van der Waals surface area contributed by atoms with Gasteiger partial charge in [-0.05, 0) is 54.7 Å². The van der Waals surface area contributed by atoms with Crippen LogP contribution >= 0.6 is 11.6 Å². The van der Waals surface area contributed by atoms with Gasteiger partial charge in [-0.3, -0.25) is 9.59 Å². The highest BCUT2D eigenvalue weighted by Gasteiger charge is 2.21. The van der Waals surface area contributed by atoms with Crippen LogP contribution in [0, 0.1) is 0 Å². The molecule has 0 amide bonds. The first-order valence-corrected chi connectivity index (χ1v) is 10.8. The van der Waals surface area contributed by atoms with Crippen molar-refractivity contribution in [2.24, 2.45) is 0 Å². The van der Waals surface area contributed by atoms with Gasteiger partial charge in [0.1, 0.15) is 11.6 Å². The number of aliphatic carboxylic acids is 2. The van der Waals surface area contributed by atoms with Crippen molar-refractivity contribution >= 4 is 35.0 Å². The fraction of sp³-hybridized carbons (Fsp3) is 0.250. The molecule has 0 aliphatic heterocycles. The first-order chi connectivity index (χ1) is 15.8. The lowest BCUT2D eigenvalue weighted by molar-refractivity contribution is -0.137. The Kier molecular flexibility index (Phi) is 6.46. The Morgan fingerprint density at radius 3 is 2.55 bits per heavy atom. The number of benzene rings is 2. The molecule has 0 unspecified atom stereocenters. The second-order valence-corrected chi connectivity index (χ2v) is 8.19. The first-order valence-electron chi connectivity index (χ1n) is 10.4. The highest BCUT2D eigenvalue weighted by molar-refractivity contribution is 6.32. The standard InChI is InChI=1S/C24H22ClN3O5/c1-33-20-8-6-14(11-17(20)25)23-27-19-4-2-3-16(19)24(28-23)26-18-7-5-13(10-21(29)30)9-15(18)12-22(31)32/h5-9,11H,2-4,10,12H2,1H3,(H,29,30)(H,31,32)(H,26,27,28). The van der Waals surface area contributed by atoms with E-state index in [1.807, 2.05) is 6.07 Å². The minimum atomic E-state index is -1.01. The van der Waals surface area contributed by atoms with E-state index >= 15 is 0 Å². The number of hydrogen-bond donors (Lipinski definition) is 3. The second kappa shape index (κ2) is 9.46. The van der Waals surface area contributed by atoms with Gasteiger partial charge in [-0.25, -0.2) is 9.97 Å². The van der Waals surface area contributed by atoms with E-state index in [0.717, 1.165) is 36.1 Å². The minimum Gasteiger partial charge on any atom is -0.495 e. The van der Waals surface area contributed by atoms with Crippen LogP contribution in [0.1, 0.15) is 28.8 Å². The average Bonchev–Trinajstić information content (AvgIpc) is 3.23. The van der Waals surface area contributed by atoms with E-state index < -0.39 is 11.9 Å². The van der Waals surface area contributed by atoms with Gasteiger partial charge in [0.15, 0.2) is 5.82 Å². The van der Waals surface area contributed by atoms with Gasteiger partial charge < -0.3 is 20.3 Å². The van der Waals surface area contributed by atoms with Crippen LogP contribution in [0.3, 0.4) is 0 Å². The van der Waals surface area contributed by atoms with Crippen molar-refractivity contribution in [1.29, 1.82) is 0 Å². The molecule has 0 bridgehead atoms. The molecule has 3 N–H and O–H groups in total. The van der Waals surface area contributed by atoms with Crippen LogP contribution in [0.2, 0.25) is 5.02 Å². The van der Waals surface area contributed by atoms with Crippen LogP contribution in [-0.4, -0.2) is 39.2 Å². The molecule has 0 atom stereocenters. The van der Waals surface area contributed by atoms with Gasteiger partial charge in [-0.15, -0.1) is 0 Å². The first kappa shape index (κ1) is 22.5. The molecule has 3 aromatic rings. The number of halogens is 1. The third kappa shape index (κ3) is 5.06. The number of carboxylic acid groups (broad SMARTS) is 2. The maximum absolute atomic E-state index is 11.4. The largest absolute Gasteiger partial charge is 0.495 e. The Balaban J connectivity index is 1.74. The number of aromatic nitrogens is 2. The number of nitrogens with one attached hydrogen (secondary N) is 1. The Labute approximate surface area is 195 Å². The van der Waals surface area contributed by atoms with Crippen LogP contribution in [0.15, 0.2) is 36.4 Å². The third-order valence-corrected chi connectivity index (χ3v) is 5.76. The van der Waals surface area contributed by atoms with Crippen molar-refractivity contribution in [3.63, 3.8) is 0 Å². The lowest BCUT2D eigenvalue weighted by Gasteiger charge is -2.16. The molecule has 2 aromatic carbocycles. The molecule has 0 saturated carbocycles. The fourth-order valence-electron chi connectivity index (χ4n) is 3.96. The van der Waals surface area contributed by atoms with Gasteiger partial charge >= 0.3 is 11.9 Å². The Morgan fingerprint density at radius 2 is 1.85 bits per heavy atom. The van der Waals surface area contributed by atoms with E-state index in [2.05, 4.69) is 5.32 Å². The highest BCUT2D eigenvalue weighted by atomic mass is 35.5. The van der Waals surface area contributed by atoms with Gasteiger partial charge in [0, 0.05) is 22.5 Å². The van der Waals surface area contributed by atoms with Crippen molar-refractivity contribution in [2.45, 2.75) is 32.1 Å². The zero-order valence-electron chi connectivity index (χ0n) is 17.9. The molecular formula is C24H22ClN3O5. The predicted octanol–water partition coefficient (Wildman–Crippen LogP) is 4.29. The molecule has 1 aliphatic rings. The number of aryl methyl sites for hydroxylation is 1. The van der Waals surface area contributed by atoms with Crippen LogP contribution in [0.4, 0.5) is 11.5 Å². The number of nitrogens with zero attached hydrogens (tertiary/aromatic N) is 2. The molecule has 0 saturated heterocycles. The number of rotatable bonds is 8.